The van der Waals surface area contributed by atoms with Crippen molar-refractivity contribution in [2.45, 2.75) is 40.7 Å². The predicted molar refractivity (Wildman–Crippen MR) is 55.1 cm³/mol. The van der Waals surface area contributed by atoms with Crippen molar-refractivity contribution < 1.29 is 0 Å². The van der Waals surface area contributed by atoms with E-state index in [2.05, 4.69) is 17.6 Å². The third-order valence-electron chi connectivity index (χ3n) is 1.00. The van der Waals surface area contributed by atoms with Crippen LogP contribution in [0.15, 0.2) is 0 Å². The number of hydrogen-bond donors (Lipinski definition) is 2. The van der Waals surface area contributed by atoms with Crippen molar-refractivity contribution >= 4 is 0 Å². The summed E-state index contributed by atoms with van der Waals surface area (Å²) in [6.45, 7) is 11.2. The molecule has 0 bridgehead atoms. The lowest BCUT2D eigenvalue weighted by Crippen LogP contribution is -2.31. The van der Waals surface area contributed by atoms with Crippen LogP contribution in [0.25, 0.3) is 0 Å². The van der Waals surface area contributed by atoms with E-state index in [1.54, 1.807) is 0 Å². The fourth-order valence-electron chi connectivity index (χ4n) is 0.408. The first-order chi connectivity index (χ1) is 5.31. The lowest BCUT2D eigenvalue weighted by atomic mass is 10.3. The van der Waals surface area contributed by atoms with Gasteiger partial charge in [-0.05, 0) is 21.0 Å². The summed E-state index contributed by atoms with van der Waals surface area (Å²) in [5, 5.41) is 6.16. The van der Waals surface area contributed by atoms with Crippen molar-refractivity contribution in [1.82, 2.24) is 10.6 Å². The van der Waals surface area contributed by atoms with Gasteiger partial charge in [-0.3, -0.25) is 0 Å². The van der Waals surface area contributed by atoms with Gasteiger partial charge >= 0.3 is 0 Å². The summed E-state index contributed by atoms with van der Waals surface area (Å²) in [7, 11) is 3.91. The van der Waals surface area contributed by atoms with Crippen LogP contribution in [0.4, 0.5) is 0 Å². The second-order valence-corrected chi connectivity index (χ2v) is 1.75. The first-order valence-electron chi connectivity index (χ1n) is 4.63. The topological polar surface area (TPSA) is 24.1 Å². The van der Waals surface area contributed by atoms with Gasteiger partial charge < -0.3 is 10.6 Å². The molecule has 0 amide bonds. The van der Waals surface area contributed by atoms with E-state index in [0.29, 0.717) is 6.04 Å². The Morgan fingerprint density at radius 2 is 1.36 bits per heavy atom. The third kappa shape index (κ3) is 25.7. The van der Waals surface area contributed by atoms with Gasteiger partial charge in [0.25, 0.3) is 0 Å². The first-order valence-corrected chi connectivity index (χ1v) is 4.63. The monoisotopic (exact) mass is 162 g/mol. The Kier molecular flexibility index (Phi) is 35.1. The summed E-state index contributed by atoms with van der Waals surface area (Å²) in [6.07, 6.45) is 0. The molecule has 0 aromatic heterocycles. The summed E-state index contributed by atoms with van der Waals surface area (Å²) < 4.78 is 0. The van der Waals surface area contributed by atoms with Crippen LogP contribution in [0.1, 0.15) is 34.6 Å². The number of rotatable bonds is 3. The fourth-order valence-corrected chi connectivity index (χ4v) is 0.408. The zero-order chi connectivity index (χ0) is 9.70. The van der Waals surface area contributed by atoms with Crippen LogP contribution < -0.4 is 10.6 Å². The van der Waals surface area contributed by atoms with Gasteiger partial charge in [0.05, 0.1) is 0 Å². The molecule has 0 aromatic carbocycles. The van der Waals surface area contributed by atoms with Crippen molar-refractivity contribution in [2.24, 2.45) is 0 Å². The van der Waals surface area contributed by atoms with Crippen molar-refractivity contribution in [3.05, 3.63) is 0 Å². The number of nitrogens with one attached hydrogen (secondary N) is 2. The molecule has 1 unspecified atom stereocenters. The zero-order valence-corrected chi connectivity index (χ0v) is 9.28. The van der Waals surface area contributed by atoms with Gasteiger partial charge in [0.2, 0.25) is 0 Å². The minimum absolute atomic E-state index is 0.588. The van der Waals surface area contributed by atoms with E-state index >= 15 is 0 Å². The minimum atomic E-state index is 0.588. The van der Waals surface area contributed by atoms with E-state index in [-0.39, 0.29) is 0 Å². The normalized spacial score (nSPS) is 10.1. The molecule has 72 valence electrons. The quantitative estimate of drug-likeness (QED) is 0.662. The molecule has 0 fully saturated rings. The van der Waals surface area contributed by atoms with Crippen LogP contribution in [-0.4, -0.2) is 26.7 Å². The second-order valence-electron chi connectivity index (χ2n) is 1.75. The fraction of sp³-hybridized carbons (Fsp3) is 1.00. The molecule has 0 spiro atoms. The molecule has 2 N–H and O–H groups in total. The van der Waals surface area contributed by atoms with Crippen molar-refractivity contribution in [3.8, 4) is 0 Å². The molecule has 0 aliphatic rings. The van der Waals surface area contributed by atoms with Gasteiger partial charge in [-0.2, -0.15) is 0 Å². The molecule has 0 aliphatic heterocycles. The van der Waals surface area contributed by atoms with Crippen molar-refractivity contribution in [1.29, 1.82) is 0 Å². The maximum atomic E-state index is 3.10. The van der Waals surface area contributed by atoms with Gasteiger partial charge in [-0.15, -0.1) is 0 Å². The second kappa shape index (κ2) is 22.5. The molecular weight excluding hydrogens is 136 g/mol. The Morgan fingerprint density at radius 1 is 1.00 bits per heavy atom. The van der Waals surface area contributed by atoms with E-state index in [4.69, 9.17) is 0 Å². The average Bonchev–Trinajstić information content (AvgIpc) is 2.12. The molecule has 0 aromatic rings. The SMILES string of the molecule is CC.CC.CNCC(C)NC. The summed E-state index contributed by atoms with van der Waals surface area (Å²) in [4.78, 5) is 0. The molecule has 2 heteroatoms. The molecular formula is C9H26N2. The van der Waals surface area contributed by atoms with Crippen LogP contribution in [0.3, 0.4) is 0 Å². The molecule has 2 nitrogen and oxygen atoms in total. The predicted octanol–water partition coefficient (Wildman–Crippen LogP) is 1.87. The lowest BCUT2D eigenvalue weighted by Gasteiger charge is -2.06. The highest BCUT2D eigenvalue weighted by molar-refractivity contribution is 4.56. The highest BCUT2D eigenvalue weighted by atomic mass is 14.9. The summed E-state index contributed by atoms with van der Waals surface area (Å²) in [5.74, 6) is 0. The molecule has 1 atom stereocenters. The van der Waals surface area contributed by atoms with E-state index in [0.717, 1.165) is 6.54 Å². The Bertz CT molecular complexity index is 38.5. The van der Waals surface area contributed by atoms with Crippen LogP contribution in [-0.2, 0) is 0 Å². The van der Waals surface area contributed by atoms with Crippen molar-refractivity contribution in [2.75, 3.05) is 20.6 Å². The molecule has 0 aliphatic carbocycles. The van der Waals surface area contributed by atoms with E-state index in [1.165, 1.54) is 0 Å². The van der Waals surface area contributed by atoms with Crippen molar-refractivity contribution in [3.63, 3.8) is 0 Å². The lowest BCUT2D eigenvalue weighted by molar-refractivity contribution is 0.573. The Hall–Kier alpha value is -0.0800. The first kappa shape index (κ1) is 17.1. The summed E-state index contributed by atoms with van der Waals surface area (Å²) >= 11 is 0. The van der Waals surface area contributed by atoms with E-state index in [1.807, 2.05) is 41.8 Å². The molecule has 0 saturated carbocycles. The highest BCUT2D eigenvalue weighted by Gasteiger charge is 1.90. The van der Waals surface area contributed by atoms with Crippen LogP contribution in [0.2, 0.25) is 0 Å². The Balaban J connectivity index is -0.000000138. The maximum absolute atomic E-state index is 3.10. The standard InChI is InChI=1S/C5H14N2.2C2H6/c1-5(7-3)4-6-2;2*1-2/h5-7H,4H2,1-3H3;2*1-2H3. The highest BCUT2D eigenvalue weighted by Crippen LogP contribution is 1.70. The van der Waals surface area contributed by atoms with Gasteiger partial charge in [0, 0.05) is 12.6 Å². The van der Waals surface area contributed by atoms with Crippen LogP contribution in [0.5, 0.6) is 0 Å². The molecule has 0 saturated heterocycles. The van der Waals surface area contributed by atoms with Crippen LogP contribution in [0, 0.1) is 0 Å². The van der Waals surface area contributed by atoms with Crippen LogP contribution >= 0.6 is 0 Å². The molecule has 0 radical (unpaired) electrons. The van der Waals surface area contributed by atoms with Gasteiger partial charge in [0.1, 0.15) is 0 Å². The number of hydrogen-bond acceptors (Lipinski definition) is 2. The average molecular weight is 162 g/mol. The Labute approximate surface area is 72.8 Å². The Morgan fingerprint density at radius 3 is 1.45 bits per heavy atom. The maximum Gasteiger partial charge on any atom is 0.0161 e. The zero-order valence-electron chi connectivity index (χ0n) is 9.28. The largest absolute Gasteiger partial charge is 0.318 e. The third-order valence-corrected chi connectivity index (χ3v) is 1.00. The molecule has 11 heavy (non-hydrogen) atoms. The van der Waals surface area contributed by atoms with Gasteiger partial charge in [-0.25, -0.2) is 0 Å². The molecule has 0 heterocycles. The molecule has 0 rings (SSSR count). The summed E-state index contributed by atoms with van der Waals surface area (Å²) in [6, 6.07) is 0.588. The van der Waals surface area contributed by atoms with Gasteiger partial charge in [-0.1, -0.05) is 27.7 Å². The smallest absolute Gasteiger partial charge is 0.0161 e. The summed E-state index contributed by atoms with van der Waals surface area (Å²) in [5.41, 5.74) is 0. The van der Waals surface area contributed by atoms with Gasteiger partial charge in [0.15, 0.2) is 0 Å². The van der Waals surface area contributed by atoms with E-state index in [9.17, 15) is 0 Å². The minimum Gasteiger partial charge on any atom is -0.318 e. The van der Waals surface area contributed by atoms with E-state index < -0.39 is 0 Å². The number of likely N-dealkylation sites (N-methyl/N-ethyl adjacent to an activating group) is 2.